The van der Waals surface area contributed by atoms with Crippen LogP contribution in [0.15, 0.2) is 12.3 Å². The molecule has 96 valence electrons. The van der Waals surface area contributed by atoms with Crippen LogP contribution in [0.4, 0.5) is 11.5 Å². The van der Waals surface area contributed by atoms with Gasteiger partial charge in [-0.25, -0.2) is 4.98 Å². The van der Waals surface area contributed by atoms with Gasteiger partial charge in [-0.05, 0) is 20.1 Å². The van der Waals surface area contributed by atoms with Gasteiger partial charge < -0.3 is 5.32 Å². The molecule has 0 aromatic carbocycles. The lowest BCUT2D eigenvalue weighted by atomic mass is 10.2. The van der Waals surface area contributed by atoms with Crippen LogP contribution in [0.1, 0.15) is 19.4 Å². The van der Waals surface area contributed by atoms with Crippen molar-refractivity contribution in [2.45, 2.75) is 18.6 Å². The van der Waals surface area contributed by atoms with E-state index in [9.17, 15) is 10.1 Å². The Labute approximate surface area is 110 Å². The maximum atomic E-state index is 10.9. The number of rotatable bonds is 5. The molecule has 18 heavy (non-hydrogen) atoms. The lowest BCUT2D eigenvalue weighted by Crippen LogP contribution is -2.26. The number of pyridine rings is 1. The predicted octanol–water partition coefficient (Wildman–Crippen LogP) is 2.41. The molecule has 1 rings (SSSR count). The average Bonchev–Trinajstić information content (AvgIpc) is 2.36. The summed E-state index contributed by atoms with van der Waals surface area (Å²) in [5.74, 6) is 0.195. The zero-order valence-corrected chi connectivity index (χ0v) is 11.2. The number of hydrogen-bond acceptors (Lipinski definition) is 6. The summed E-state index contributed by atoms with van der Waals surface area (Å²) >= 11 is 1.66. The quantitative estimate of drug-likeness (QED) is 0.650. The third-order valence-electron chi connectivity index (χ3n) is 2.43. The number of nitrogens with one attached hydrogen (secondary N) is 1. The fourth-order valence-electron chi connectivity index (χ4n) is 1.16. The smallest absolute Gasteiger partial charge is 0.312 e. The van der Waals surface area contributed by atoms with Crippen LogP contribution in [0.3, 0.4) is 0 Å². The van der Waals surface area contributed by atoms with Gasteiger partial charge in [-0.15, -0.1) is 0 Å². The molecule has 1 heterocycles. The van der Waals surface area contributed by atoms with Crippen molar-refractivity contribution >= 4 is 23.3 Å². The Kier molecular flexibility index (Phi) is 4.50. The molecule has 0 aliphatic rings. The molecule has 1 aromatic heterocycles. The van der Waals surface area contributed by atoms with Crippen molar-refractivity contribution in [2.24, 2.45) is 0 Å². The van der Waals surface area contributed by atoms with Crippen molar-refractivity contribution in [3.8, 4) is 6.07 Å². The minimum Gasteiger partial charge on any atom is -0.363 e. The summed E-state index contributed by atoms with van der Waals surface area (Å²) in [6.07, 6.45) is 3.30. The molecule has 0 fully saturated rings. The third kappa shape index (κ3) is 3.60. The van der Waals surface area contributed by atoms with Crippen LogP contribution in [0.25, 0.3) is 0 Å². The lowest BCUT2D eigenvalue weighted by molar-refractivity contribution is -0.384. The van der Waals surface area contributed by atoms with Gasteiger partial charge in [-0.1, -0.05) is 0 Å². The van der Waals surface area contributed by atoms with E-state index in [-0.39, 0.29) is 21.8 Å². The van der Waals surface area contributed by atoms with E-state index in [1.165, 1.54) is 12.3 Å². The molecule has 0 aliphatic carbocycles. The first kappa shape index (κ1) is 14.3. The zero-order valence-electron chi connectivity index (χ0n) is 10.4. The number of aromatic nitrogens is 1. The standard InChI is InChI=1S/C11H14N4O2S/c1-11(2,18-3)7-14-10-9(15(16)17)4-8(5-12)6-13-10/h4,6H,7H2,1-3H3,(H,13,14). The number of thioether (sulfide) groups is 1. The number of nitriles is 1. The highest BCUT2D eigenvalue weighted by Crippen LogP contribution is 2.26. The average molecular weight is 266 g/mol. The second kappa shape index (κ2) is 5.69. The second-order valence-corrected chi connectivity index (χ2v) is 5.79. The molecule has 0 unspecified atom stereocenters. The Morgan fingerprint density at radius 2 is 2.33 bits per heavy atom. The maximum absolute atomic E-state index is 10.9. The molecule has 0 saturated heterocycles. The molecular formula is C11H14N4O2S. The number of nitro groups is 1. The Hall–Kier alpha value is -1.81. The van der Waals surface area contributed by atoms with Crippen molar-refractivity contribution in [3.05, 3.63) is 27.9 Å². The van der Waals surface area contributed by atoms with Gasteiger partial charge in [0, 0.05) is 23.6 Å². The van der Waals surface area contributed by atoms with Gasteiger partial charge in [0.1, 0.15) is 6.07 Å². The Bertz CT molecular complexity index is 496. The number of nitrogens with zero attached hydrogens (tertiary/aromatic N) is 3. The molecule has 0 atom stereocenters. The van der Waals surface area contributed by atoms with E-state index in [1.54, 1.807) is 11.8 Å². The van der Waals surface area contributed by atoms with Crippen molar-refractivity contribution in [2.75, 3.05) is 18.1 Å². The SMILES string of the molecule is CSC(C)(C)CNc1ncc(C#N)cc1[N+](=O)[O-]. The molecule has 0 radical (unpaired) electrons. The normalized spacial score (nSPS) is 10.8. The van der Waals surface area contributed by atoms with Crippen LogP contribution in [-0.2, 0) is 0 Å². The van der Waals surface area contributed by atoms with E-state index in [2.05, 4.69) is 10.3 Å². The highest BCUT2D eigenvalue weighted by Gasteiger charge is 2.20. The third-order valence-corrected chi connectivity index (χ3v) is 3.68. The van der Waals surface area contributed by atoms with Gasteiger partial charge >= 0.3 is 5.69 Å². The minimum absolute atomic E-state index is 0.0521. The van der Waals surface area contributed by atoms with Crippen LogP contribution in [0.2, 0.25) is 0 Å². The largest absolute Gasteiger partial charge is 0.363 e. The summed E-state index contributed by atoms with van der Waals surface area (Å²) < 4.78 is -0.0521. The van der Waals surface area contributed by atoms with E-state index in [0.717, 1.165) is 0 Å². The highest BCUT2D eigenvalue weighted by molar-refractivity contribution is 7.99. The van der Waals surface area contributed by atoms with Crippen LogP contribution in [0, 0.1) is 21.4 Å². The molecule has 0 amide bonds. The monoisotopic (exact) mass is 266 g/mol. The van der Waals surface area contributed by atoms with Crippen molar-refractivity contribution in [1.82, 2.24) is 4.98 Å². The minimum atomic E-state index is -0.539. The van der Waals surface area contributed by atoms with Crippen LogP contribution in [-0.4, -0.2) is 27.5 Å². The van der Waals surface area contributed by atoms with Crippen molar-refractivity contribution < 1.29 is 4.92 Å². The predicted molar refractivity (Wildman–Crippen MR) is 71.7 cm³/mol. The molecule has 0 spiro atoms. The molecule has 1 N–H and O–H groups in total. The summed E-state index contributed by atoms with van der Waals surface area (Å²) in [5.41, 5.74) is 0.00216. The first-order chi connectivity index (χ1) is 8.39. The Morgan fingerprint density at radius 3 is 2.83 bits per heavy atom. The summed E-state index contributed by atoms with van der Waals surface area (Å²) in [7, 11) is 0. The molecular weight excluding hydrogens is 252 g/mol. The molecule has 7 heteroatoms. The molecule has 0 bridgehead atoms. The van der Waals surface area contributed by atoms with E-state index in [4.69, 9.17) is 5.26 Å². The van der Waals surface area contributed by atoms with Gasteiger partial charge in [-0.3, -0.25) is 10.1 Å². The van der Waals surface area contributed by atoms with Crippen LogP contribution >= 0.6 is 11.8 Å². The summed E-state index contributed by atoms with van der Waals surface area (Å²) in [6.45, 7) is 4.61. The van der Waals surface area contributed by atoms with Crippen LogP contribution in [0.5, 0.6) is 0 Å². The molecule has 1 aromatic rings. The molecule has 6 nitrogen and oxygen atoms in total. The van der Waals surface area contributed by atoms with E-state index < -0.39 is 4.92 Å². The zero-order chi connectivity index (χ0) is 13.8. The second-order valence-electron chi connectivity index (χ2n) is 4.28. The van der Waals surface area contributed by atoms with Gasteiger partial charge in [-0.2, -0.15) is 17.0 Å². The Morgan fingerprint density at radius 1 is 1.67 bits per heavy atom. The van der Waals surface area contributed by atoms with Gasteiger partial charge in [0.15, 0.2) is 0 Å². The first-order valence-electron chi connectivity index (χ1n) is 5.23. The first-order valence-corrected chi connectivity index (χ1v) is 6.45. The van der Waals surface area contributed by atoms with Crippen molar-refractivity contribution in [1.29, 1.82) is 5.26 Å². The van der Waals surface area contributed by atoms with Crippen LogP contribution < -0.4 is 5.32 Å². The summed E-state index contributed by atoms with van der Waals surface area (Å²) in [4.78, 5) is 14.3. The van der Waals surface area contributed by atoms with E-state index in [1.807, 2.05) is 26.2 Å². The lowest BCUT2D eigenvalue weighted by Gasteiger charge is -2.22. The highest BCUT2D eigenvalue weighted by atomic mass is 32.2. The fourth-order valence-corrected chi connectivity index (χ4v) is 1.37. The van der Waals surface area contributed by atoms with Gasteiger partial charge in [0.2, 0.25) is 5.82 Å². The maximum Gasteiger partial charge on any atom is 0.312 e. The Balaban J connectivity index is 2.96. The van der Waals surface area contributed by atoms with Crippen molar-refractivity contribution in [3.63, 3.8) is 0 Å². The number of anilines is 1. The topological polar surface area (TPSA) is 91.8 Å². The van der Waals surface area contributed by atoms with E-state index in [0.29, 0.717) is 6.54 Å². The molecule has 0 aliphatic heterocycles. The number of hydrogen-bond donors (Lipinski definition) is 1. The van der Waals surface area contributed by atoms with E-state index >= 15 is 0 Å². The molecule has 0 saturated carbocycles. The summed E-state index contributed by atoms with van der Waals surface area (Å²) in [5, 5.41) is 22.5. The fraction of sp³-hybridized carbons (Fsp3) is 0.455. The summed E-state index contributed by atoms with van der Waals surface area (Å²) in [6, 6.07) is 3.06. The van der Waals surface area contributed by atoms with Gasteiger partial charge in [0.25, 0.3) is 0 Å². The van der Waals surface area contributed by atoms with Gasteiger partial charge in [0.05, 0.1) is 10.5 Å².